The fraction of sp³-hybridized carbons (Fsp3) is 0.150. The molecule has 0 aliphatic rings. The van der Waals surface area contributed by atoms with Gasteiger partial charge >= 0.3 is 0 Å². The Morgan fingerprint density at radius 3 is 2.24 bits per heavy atom. The number of amides is 1. The summed E-state index contributed by atoms with van der Waals surface area (Å²) in [4.78, 5) is 14.1. The van der Waals surface area contributed by atoms with E-state index < -0.39 is 0 Å². The zero-order valence-corrected chi connectivity index (χ0v) is 14.1. The quantitative estimate of drug-likeness (QED) is 0.753. The zero-order chi connectivity index (χ0) is 17.5. The largest absolute Gasteiger partial charge is 0.350 e. The summed E-state index contributed by atoms with van der Waals surface area (Å²) in [5, 5.41) is 11.1. The van der Waals surface area contributed by atoms with Crippen molar-refractivity contribution < 1.29 is 4.79 Å². The highest BCUT2D eigenvalue weighted by Crippen LogP contribution is 2.20. The number of aromatic nitrogens is 2. The van der Waals surface area contributed by atoms with Crippen LogP contribution in [0.25, 0.3) is 0 Å². The van der Waals surface area contributed by atoms with Crippen molar-refractivity contribution >= 4 is 17.4 Å². The summed E-state index contributed by atoms with van der Waals surface area (Å²) >= 11 is 0. The van der Waals surface area contributed by atoms with Gasteiger partial charge < -0.3 is 10.2 Å². The van der Waals surface area contributed by atoms with Crippen molar-refractivity contribution in [3.63, 3.8) is 0 Å². The van der Waals surface area contributed by atoms with Crippen LogP contribution in [-0.4, -0.2) is 29.7 Å². The van der Waals surface area contributed by atoms with E-state index in [1.807, 2.05) is 72.6 Å². The van der Waals surface area contributed by atoms with Gasteiger partial charge in [0, 0.05) is 19.3 Å². The normalized spacial score (nSPS) is 10.3. The number of nitrogens with zero attached hydrogens (tertiary/aromatic N) is 3. The second-order valence-electron chi connectivity index (χ2n) is 5.66. The third-order valence-corrected chi connectivity index (χ3v) is 3.91. The molecular formula is C20H20N4O. The SMILES string of the molecule is CN(c1ccccc1)c1ccc(C(=O)NCCc2ccccc2)nn1. The van der Waals surface area contributed by atoms with Crippen LogP contribution < -0.4 is 10.2 Å². The molecule has 0 atom stereocenters. The number of hydrogen-bond acceptors (Lipinski definition) is 4. The van der Waals surface area contributed by atoms with Gasteiger partial charge in [0.1, 0.15) is 0 Å². The van der Waals surface area contributed by atoms with Gasteiger partial charge in [-0.3, -0.25) is 4.79 Å². The van der Waals surface area contributed by atoms with Gasteiger partial charge in [0.05, 0.1) is 0 Å². The van der Waals surface area contributed by atoms with E-state index in [1.165, 1.54) is 5.56 Å². The highest BCUT2D eigenvalue weighted by Gasteiger charge is 2.10. The number of carbonyl (C=O) groups excluding carboxylic acids is 1. The Balaban J connectivity index is 1.57. The molecule has 2 aromatic carbocycles. The Bertz CT molecular complexity index is 804. The second kappa shape index (κ2) is 8.06. The molecule has 1 heterocycles. The Kier molecular flexibility index (Phi) is 5.36. The topological polar surface area (TPSA) is 58.1 Å². The maximum atomic E-state index is 12.2. The summed E-state index contributed by atoms with van der Waals surface area (Å²) < 4.78 is 0. The first-order valence-electron chi connectivity index (χ1n) is 8.18. The van der Waals surface area contributed by atoms with E-state index in [0.717, 1.165) is 12.1 Å². The monoisotopic (exact) mass is 332 g/mol. The number of rotatable bonds is 6. The lowest BCUT2D eigenvalue weighted by molar-refractivity contribution is 0.0948. The van der Waals surface area contributed by atoms with Gasteiger partial charge in [0.25, 0.3) is 5.91 Å². The Labute approximate surface area is 147 Å². The lowest BCUT2D eigenvalue weighted by Gasteiger charge is -2.17. The van der Waals surface area contributed by atoms with Gasteiger partial charge in [-0.25, -0.2) is 0 Å². The van der Waals surface area contributed by atoms with Gasteiger partial charge in [-0.1, -0.05) is 48.5 Å². The minimum atomic E-state index is -0.211. The van der Waals surface area contributed by atoms with Crippen molar-refractivity contribution in [2.45, 2.75) is 6.42 Å². The van der Waals surface area contributed by atoms with Crippen molar-refractivity contribution in [2.75, 3.05) is 18.5 Å². The van der Waals surface area contributed by atoms with E-state index >= 15 is 0 Å². The summed E-state index contributed by atoms with van der Waals surface area (Å²) in [6, 6.07) is 23.4. The molecule has 0 fully saturated rings. The molecule has 1 aromatic heterocycles. The second-order valence-corrected chi connectivity index (χ2v) is 5.66. The highest BCUT2D eigenvalue weighted by molar-refractivity contribution is 5.92. The maximum absolute atomic E-state index is 12.2. The van der Waals surface area contributed by atoms with Crippen molar-refractivity contribution in [2.24, 2.45) is 0 Å². The zero-order valence-electron chi connectivity index (χ0n) is 14.1. The van der Waals surface area contributed by atoms with Crippen LogP contribution in [0.4, 0.5) is 11.5 Å². The van der Waals surface area contributed by atoms with Crippen molar-refractivity contribution in [3.8, 4) is 0 Å². The molecule has 5 heteroatoms. The molecule has 3 aromatic rings. The molecular weight excluding hydrogens is 312 g/mol. The van der Waals surface area contributed by atoms with Crippen LogP contribution >= 0.6 is 0 Å². The van der Waals surface area contributed by atoms with Gasteiger partial charge in [-0.05, 0) is 36.2 Å². The molecule has 1 amide bonds. The molecule has 5 nitrogen and oxygen atoms in total. The molecule has 0 saturated heterocycles. The number of anilines is 2. The first-order valence-corrected chi connectivity index (χ1v) is 8.18. The molecule has 3 rings (SSSR count). The number of nitrogens with one attached hydrogen (secondary N) is 1. The molecule has 0 saturated carbocycles. The summed E-state index contributed by atoms with van der Waals surface area (Å²) in [6.07, 6.45) is 0.787. The molecule has 0 unspecified atom stereocenters. The Morgan fingerprint density at radius 2 is 1.60 bits per heavy atom. The minimum absolute atomic E-state index is 0.211. The number of carbonyl (C=O) groups is 1. The third-order valence-electron chi connectivity index (χ3n) is 3.91. The minimum Gasteiger partial charge on any atom is -0.350 e. The average Bonchev–Trinajstić information content (AvgIpc) is 2.69. The van der Waals surface area contributed by atoms with Gasteiger partial charge in [-0.2, -0.15) is 0 Å². The first kappa shape index (κ1) is 16.6. The van der Waals surface area contributed by atoms with Crippen LogP contribution in [0.15, 0.2) is 72.8 Å². The maximum Gasteiger partial charge on any atom is 0.271 e. The first-order chi connectivity index (χ1) is 12.2. The highest BCUT2D eigenvalue weighted by atomic mass is 16.1. The summed E-state index contributed by atoms with van der Waals surface area (Å²) in [7, 11) is 1.92. The summed E-state index contributed by atoms with van der Waals surface area (Å²) in [5.74, 6) is 0.476. The van der Waals surface area contributed by atoms with Crippen LogP contribution in [0.2, 0.25) is 0 Å². The summed E-state index contributed by atoms with van der Waals surface area (Å²) in [6.45, 7) is 0.566. The predicted octanol–water partition coefficient (Wildman–Crippen LogP) is 3.22. The van der Waals surface area contributed by atoms with Crippen molar-refractivity contribution in [3.05, 3.63) is 84.1 Å². The van der Waals surface area contributed by atoms with E-state index in [0.29, 0.717) is 18.1 Å². The van der Waals surface area contributed by atoms with Gasteiger partial charge in [-0.15, -0.1) is 10.2 Å². The molecule has 0 spiro atoms. The van der Waals surface area contributed by atoms with Crippen LogP contribution in [0.3, 0.4) is 0 Å². The Hall–Kier alpha value is -3.21. The lowest BCUT2D eigenvalue weighted by atomic mass is 10.1. The van der Waals surface area contributed by atoms with Crippen molar-refractivity contribution in [1.29, 1.82) is 0 Å². The number of benzene rings is 2. The van der Waals surface area contributed by atoms with E-state index in [9.17, 15) is 4.79 Å². The number of para-hydroxylation sites is 1. The van der Waals surface area contributed by atoms with Gasteiger partial charge in [0.2, 0.25) is 0 Å². The van der Waals surface area contributed by atoms with Crippen LogP contribution in [0.1, 0.15) is 16.1 Å². The molecule has 1 N–H and O–H groups in total. The fourth-order valence-electron chi connectivity index (χ4n) is 2.46. The fourth-order valence-corrected chi connectivity index (χ4v) is 2.46. The average molecular weight is 332 g/mol. The predicted molar refractivity (Wildman–Crippen MR) is 99.0 cm³/mol. The smallest absolute Gasteiger partial charge is 0.271 e. The van der Waals surface area contributed by atoms with Crippen LogP contribution in [0, 0.1) is 0 Å². The molecule has 0 aliphatic carbocycles. The number of hydrogen-bond donors (Lipinski definition) is 1. The van der Waals surface area contributed by atoms with E-state index in [-0.39, 0.29) is 5.91 Å². The molecule has 0 aliphatic heterocycles. The van der Waals surface area contributed by atoms with Crippen LogP contribution in [0.5, 0.6) is 0 Å². The summed E-state index contributed by atoms with van der Waals surface area (Å²) in [5.41, 5.74) is 2.52. The standard InChI is InChI=1S/C20H20N4O/c1-24(17-10-6-3-7-11-17)19-13-12-18(22-23-19)20(25)21-15-14-16-8-4-2-5-9-16/h2-13H,14-15H2,1H3,(H,21,25). The third kappa shape index (κ3) is 4.41. The molecule has 0 radical (unpaired) electrons. The lowest BCUT2D eigenvalue weighted by Crippen LogP contribution is -2.27. The van der Waals surface area contributed by atoms with E-state index in [2.05, 4.69) is 15.5 Å². The van der Waals surface area contributed by atoms with E-state index in [4.69, 9.17) is 0 Å². The molecule has 126 valence electrons. The van der Waals surface area contributed by atoms with Gasteiger partial charge in [0.15, 0.2) is 11.5 Å². The molecule has 25 heavy (non-hydrogen) atoms. The molecule has 0 bridgehead atoms. The van der Waals surface area contributed by atoms with E-state index in [1.54, 1.807) is 12.1 Å². The van der Waals surface area contributed by atoms with Crippen molar-refractivity contribution in [1.82, 2.24) is 15.5 Å². The van der Waals surface area contributed by atoms with Crippen LogP contribution in [-0.2, 0) is 6.42 Å². The Morgan fingerprint density at radius 1 is 0.920 bits per heavy atom.